The van der Waals surface area contributed by atoms with Gasteiger partial charge < -0.3 is 0 Å². The molecule has 0 saturated carbocycles. The van der Waals surface area contributed by atoms with Crippen molar-refractivity contribution >= 4 is 36.3 Å². The summed E-state index contributed by atoms with van der Waals surface area (Å²) in [6.45, 7) is 0. The molecule has 1 atom stereocenters. The Balaban J connectivity index is 2.65. The highest BCUT2D eigenvalue weighted by Crippen LogP contribution is 2.37. The molecule has 10 heteroatoms. The molecule has 0 aliphatic heterocycles. The van der Waals surface area contributed by atoms with Crippen LogP contribution in [0.1, 0.15) is 0 Å². The lowest BCUT2D eigenvalue weighted by atomic mass is 10.2. The van der Waals surface area contributed by atoms with Crippen molar-refractivity contribution in [1.82, 2.24) is 0 Å². The molecule has 22 heavy (non-hydrogen) atoms. The molecule has 0 aromatic heterocycles. The van der Waals surface area contributed by atoms with Gasteiger partial charge in [-0.3, -0.25) is 30.3 Å². The molecule has 0 bridgehead atoms. The van der Waals surface area contributed by atoms with Crippen LogP contribution < -0.4 is 10.6 Å². The molecule has 0 aliphatic carbocycles. The third kappa shape index (κ3) is 3.04. The number of hydrogen-bond acceptors (Lipinski definition) is 6. The van der Waals surface area contributed by atoms with Crippen LogP contribution in [-0.2, 0) is 0 Å². The normalized spacial score (nSPS) is 10.7. The second kappa shape index (κ2) is 6.23. The summed E-state index contributed by atoms with van der Waals surface area (Å²) < 4.78 is 0. The number of rotatable bonds is 5. The minimum atomic E-state index is -1.09. The molecule has 0 aliphatic rings. The minimum absolute atomic E-state index is 0.0773. The molecule has 0 spiro atoms. The largest absolute Gasteiger partial charge is 0.422 e. The molecule has 0 heterocycles. The fraction of sp³-hybridized carbons (Fsp3) is 0. The van der Waals surface area contributed by atoms with Crippen LogP contribution in [0, 0.1) is 30.3 Å². The average Bonchev–Trinajstić information content (AvgIpc) is 2.47. The van der Waals surface area contributed by atoms with Gasteiger partial charge in [0, 0.05) is 6.07 Å². The Morgan fingerprint density at radius 3 is 1.82 bits per heavy atom. The fourth-order valence-electron chi connectivity index (χ4n) is 1.86. The van der Waals surface area contributed by atoms with Crippen LogP contribution in [0.3, 0.4) is 0 Å². The maximum Gasteiger partial charge on any atom is 0.422 e. The lowest BCUT2D eigenvalue weighted by Crippen LogP contribution is -2.12. The molecular weight excluding hydrogens is 313 g/mol. The van der Waals surface area contributed by atoms with Gasteiger partial charge in [-0.25, -0.2) is 0 Å². The predicted molar refractivity (Wildman–Crippen MR) is 80.4 cm³/mol. The smallest absolute Gasteiger partial charge is 0.258 e. The second-order valence-corrected chi connectivity index (χ2v) is 5.46. The molecular formula is C12H8N3O6P. The Morgan fingerprint density at radius 1 is 0.727 bits per heavy atom. The van der Waals surface area contributed by atoms with Crippen LogP contribution in [-0.4, -0.2) is 14.8 Å². The Labute approximate surface area is 124 Å². The van der Waals surface area contributed by atoms with Crippen molar-refractivity contribution in [1.29, 1.82) is 0 Å². The number of benzene rings is 2. The van der Waals surface area contributed by atoms with Crippen molar-refractivity contribution in [3.8, 4) is 0 Å². The summed E-state index contributed by atoms with van der Waals surface area (Å²) in [7, 11) is -0.221. The van der Waals surface area contributed by atoms with E-state index in [0.717, 1.165) is 11.4 Å². The highest BCUT2D eigenvalue weighted by molar-refractivity contribution is 7.55. The Hall–Kier alpha value is -2.93. The second-order valence-electron chi connectivity index (χ2n) is 4.09. The van der Waals surface area contributed by atoms with Crippen LogP contribution in [0.5, 0.6) is 0 Å². The first-order chi connectivity index (χ1) is 10.4. The van der Waals surface area contributed by atoms with E-state index in [0.29, 0.717) is 0 Å². The summed E-state index contributed by atoms with van der Waals surface area (Å²) in [6.07, 6.45) is 0. The molecule has 9 nitrogen and oxygen atoms in total. The van der Waals surface area contributed by atoms with E-state index in [1.54, 1.807) is 30.3 Å². The van der Waals surface area contributed by atoms with E-state index in [1.807, 2.05) is 0 Å². The maximum atomic E-state index is 11.2. The Morgan fingerprint density at radius 2 is 1.32 bits per heavy atom. The molecule has 2 aromatic rings. The lowest BCUT2D eigenvalue weighted by Gasteiger charge is -2.04. The summed E-state index contributed by atoms with van der Waals surface area (Å²) in [5.41, 5.74) is -2.81. The van der Waals surface area contributed by atoms with E-state index in [9.17, 15) is 30.3 Å². The SMILES string of the molecule is O=[N+]([O-])c1ccc(Pc2ccccc2)c([N+](=O)[O-])c1[N+](=O)[O-]. The predicted octanol–water partition coefficient (Wildman–Crippen LogP) is 2.04. The van der Waals surface area contributed by atoms with Crippen molar-refractivity contribution in [3.63, 3.8) is 0 Å². The molecule has 0 N–H and O–H groups in total. The highest BCUT2D eigenvalue weighted by atomic mass is 31.1. The first-order valence-corrected chi connectivity index (χ1v) is 6.84. The molecule has 0 radical (unpaired) electrons. The van der Waals surface area contributed by atoms with Gasteiger partial charge in [0.05, 0.1) is 20.1 Å². The first kappa shape index (κ1) is 15.5. The van der Waals surface area contributed by atoms with E-state index < -0.39 is 31.8 Å². The van der Waals surface area contributed by atoms with Crippen LogP contribution in [0.15, 0.2) is 42.5 Å². The van der Waals surface area contributed by atoms with Crippen LogP contribution in [0.2, 0.25) is 0 Å². The van der Waals surface area contributed by atoms with E-state index >= 15 is 0 Å². The van der Waals surface area contributed by atoms with Gasteiger partial charge in [0.2, 0.25) is 0 Å². The Kier molecular flexibility index (Phi) is 4.38. The topological polar surface area (TPSA) is 129 Å². The monoisotopic (exact) mass is 321 g/mol. The molecule has 0 amide bonds. The first-order valence-electron chi connectivity index (χ1n) is 5.84. The standard InChI is InChI=1S/C12H8N3O6P/c16-13(17)9-6-7-10(22-8-4-2-1-3-5-8)12(15(20)21)11(9)14(18)19/h1-7,22H. The van der Waals surface area contributed by atoms with Gasteiger partial charge in [0.1, 0.15) is 0 Å². The van der Waals surface area contributed by atoms with Crippen molar-refractivity contribution in [2.45, 2.75) is 0 Å². The van der Waals surface area contributed by atoms with Gasteiger partial charge in [0.15, 0.2) is 0 Å². The number of nitro benzene ring substituents is 3. The lowest BCUT2D eigenvalue weighted by molar-refractivity contribution is -0.440. The molecule has 112 valence electrons. The van der Waals surface area contributed by atoms with Crippen molar-refractivity contribution in [2.24, 2.45) is 0 Å². The van der Waals surface area contributed by atoms with Gasteiger partial charge in [-0.05, 0) is 11.4 Å². The average molecular weight is 321 g/mol. The van der Waals surface area contributed by atoms with Crippen LogP contribution >= 0.6 is 8.58 Å². The van der Waals surface area contributed by atoms with Gasteiger partial charge in [-0.2, -0.15) is 0 Å². The zero-order valence-corrected chi connectivity index (χ0v) is 11.8. The zero-order chi connectivity index (χ0) is 16.3. The maximum absolute atomic E-state index is 11.2. The third-order valence-electron chi connectivity index (χ3n) is 2.74. The van der Waals surface area contributed by atoms with Gasteiger partial charge in [-0.1, -0.05) is 38.9 Å². The van der Waals surface area contributed by atoms with Gasteiger partial charge >= 0.3 is 17.1 Å². The van der Waals surface area contributed by atoms with E-state index in [1.165, 1.54) is 6.07 Å². The van der Waals surface area contributed by atoms with Gasteiger partial charge in [0.25, 0.3) is 0 Å². The zero-order valence-electron chi connectivity index (χ0n) is 10.8. The van der Waals surface area contributed by atoms with E-state index in [2.05, 4.69) is 0 Å². The van der Waals surface area contributed by atoms with Crippen molar-refractivity contribution in [3.05, 3.63) is 72.8 Å². The Bertz CT molecular complexity index is 765. The summed E-state index contributed by atoms with van der Waals surface area (Å²) in [5, 5.41) is 33.9. The highest BCUT2D eigenvalue weighted by Gasteiger charge is 2.38. The van der Waals surface area contributed by atoms with E-state index in [-0.39, 0.29) is 13.9 Å². The fourth-order valence-corrected chi connectivity index (χ4v) is 3.02. The number of nitro groups is 3. The molecule has 2 rings (SSSR count). The van der Waals surface area contributed by atoms with Gasteiger partial charge in [-0.15, -0.1) is 0 Å². The minimum Gasteiger partial charge on any atom is -0.258 e. The van der Waals surface area contributed by atoms with Crippen LogP contribution in [0.25, 0.3) is 0 Å². The summed E-state index contributed by atoms with van der Waals surface area (Å²) >= 11 is 0. The van der Waals surface area contributed by atoms with Crippen molar-refractivity contribution in [2.75, 3.05) is 0 Å². The summed E-state index contributed by atoms with van der Waals surface area (Å²) in [6, 6.07) is 10.8. The van der Waals surface area contributed by atoms with E-state index in [4.69, 9.17) is 0 Å². The number of nitrogens with zero attached hydrogens (tertiary/aromatic N) is 3. The van der Waals surface area contributed by atoms with Crippen LogP contribution in [0.4, 0.5) is 17.1 Å². The molecule has 0 fully saturated rings. The molecule has 1 unspecified atom stereocenters. The third-order valence-corrected chi connectivity index (χ3v) is 4.04. The molecule has 0 saturated heterocycles. The molecule has 2 aromatic carbocycles. The number of hydrogen-bond donors (Lipinski definition) is 0. The summed E-state index contributed by atoms with van der Waals surface area (Å²) in [5.74, 6) is 0. The van der Waals surface area contributed by atoms with Crippen molar-refractivity contribution < 1.29 is 14.8 Å². The quantitative estimate of drug-likeness (QED) is 0.470. The summed E-state index contributed by atoms with van der Waals surface area (Å²) in [4.78, 5) is 30.1.